The smallest absolute Gasteiger partial charge is 0.330 e. The summed E-state index contributed by atoms with van der Waals surface area (Å²) in [7, 11) is 0. The van der Waals surface area contributed by atoms with E-state index in [9.17, 15) is 4.79 Å². The molecule has 0 amide bonds. The fourth-order valence-corrected chi connectivity index (χ4v) is 0.391. The molecule has 0 aliphatic rings. The minimum Gasteiger partial charge on any atom is -0.478 e. The molecule has 17 heavy (non-hydrogen) atoms. The summed E-state index contributed by atoms with van der Waals surface area (Å²) >= 11 is 0. The molecule has 3 N–H and O–H groups in total. The van der Waals surface area contributed by atoms with Crippen molar-refractivity contribution < 1.29 is 24.9 Å². The first-order chi connectivity index (χ1) is 7.97. The Balaban J connectivity index is -0.000000180. The molecule has 5 nitrogen and oxygen atoms in total. The Bertz CT molecular complexity index is 150. The minimum atomic E-state index is -0.935. The van der Waals surface area contributed by atoms with Gasteiger partial charge in [0.15, 0.2) is 0 Å². The van der Waals surface area contributed by atoms with Crippen molar-refractivity contribution in [1.82, 2.24) is 0 Å². The van der Waals surface area contributed by atoms with Crippen molar-refractivity contribution in [3.05, 3.63) is 12.2 Å². The van der Waals surface area contributed by atoms with Crippen LogP contribution in [0.15, 0.2) is 12.2 Å². The van der Waals surface area contributed by atoms with Gasteiger partial charge < -0.3 is 20.1 Å². The zero-order chi connectivity index (χ0) is 14.1. The van der Waals surface area contributed by atoms with E-state index in [4.69, 9.17) is 20.1 Å². The second-order valence-corrected chi connectivity index (χ2v) is 3.15. The van der Waals surface area contributed by atoms with Gasteiger partial charge in [-0.1, -0.05) is 20.4 Å². The largest absolute Gasteiger partial charge is 0.478 e. The molecular weight excluding hydrogens is 224 g/mol. The maximum atomic E-state index is 9.60. The molecule has 0 aromatic rings. The molecule has 0 atom stereocenters. The third-order valence-corrected chi connectivity index (χ3v) is 1.16. The van der Waals surface area contributed by atoms with Crippen LogP contribution >= 0.6 is 0 Å². The maximum Gasteiger partial charge on any atom is 0.330 e. The number of aliphatic carboxylic acids is 1. The Labute approximate surface area is 104 Å². The molecular formula is C12H26O5. The van der Waals surface area contributed by atoms with Gasteiger partial charge >= 0.3 is 5.97 Å². The van der Waals surface area contributed by atoms with Crippen molar-refractivity contribution in [1.29, 1.82) is 0 Å². The third-order valence-electron chi connectivity index (χ3n) is 1.16. The van der Waals surface area contributed by atoms with Gasteiger partial charge in [0, 0.05) is 18.8 Å². The summed E-state index contributed by atoms with van der Waals surface area (Å²) in [6.45, 7) is 10.4. The van der Waals surface area contributed by atoms with Crippen LogP contribution in [0.2, 0.25) is 0 Å². The molecule has 104 valence electrons. The molecule has 0 unspecified atom stereocenters. The summed E-state index contributed by atoms with van der Waals surface area (Å²) in [5.74, 6) is -0.935. The molecule has 0 radical (unpaired) electrons. The molecule has 0 rings (SSSR count). The van der Waals surface area contributed by atoms with E-state index in [0.717, 1.165) is 26.1 Å². The van der Waals surface area contributed by atoms with Gasteiger partial charge in [0.05, 0.1) is 13.2 Å². The predicted octanol–water partition coefficient (Wildman–Crippen LogP) is 1.44. The van der Waals surface area contributed by atoms with E-state index >= 15 is 0 Å². The highest BCUT2D eigenvalue weighted by atomic mass is 16.5. The lowest BCUT2D eigenvalue weighted by Crippen LogP contribution is -1.92. The Morgan fingerprint density at radius 3 is 1.53 bits per heavy atom. The molecule has 0 saturated carbocycles. The summed E-state index contributed by atoms with van der Waals surface area (Å²) in [5, 5.41) is 23.1. The molecule has 5 heteroatoms. The third kappa shape index (κ3) is 39.5. The summed E-state index contributed by atoms with van der Waals surface area (Å²) in [5.41, 5.74) is 0.176. The highest BCUT2D eigenvalue weighted by Crippen LogP contribution is 1.81. The zero-order valence-electron chi connectivity index (χ0n) is 11.1. The van der Waals surface area contributed by atoms with Crippen LogP contribution in [0.5, 0.6) is 0 Å². The van der Waals surface area contributed by atoms with Crippen LogP contribution in [-0.2, 0) is 9.53 Å². The lowest BCUT2D eigenvalue weighted by atomic mass is 10.4. The van der Waals surface area contributed by atoms with Gasteiger partial charge in [-0.05, 0) is 19.8 Å². The molecule has 0 aromatic heterocycles. The van der Waals surface area contributed by atoms with Gasteiger partial charge in [-0.25, -0.2) is 4.79 Å². The Hall–Kier alpha value is -0.910. The molecule has 0 spiro atoms. The SMILES string of the molecule is C=C(C)C(=O)O.CCCOCCC.OCCO. The summed E-state index contributed by atoms with van der Waals surface area (Å²) in [4.78, 5) is 9.60. The number of hydrogen-bond donors (Lipinski definition) is 3. The van der Waals surface area contributed by atoms with E-state index in [0.29, 0.717) is 0 Å². The highest BCUT2D eigenvalue weighted by molar-refractivity contribution is 5.84. The molecule has 0 heterocycles. The summed E-state index contributed by atoms with van der Waals surface area (Å²) < 4.78 is 5.13. The van der Waals surface area contributed by atoms with Gasteiger partial charge in [0.2, 0.25) is 0 Å². The topological polar surface area (TPSA) is 87.0 Å². The van der Waals surface area contributed by atoms with E-state index in [1.54, 1.807) is 0 Å². The van der Waals surface area contributed by atoms with Gasteiger partial charge in [-0.15, -0.1) is 0 Å². The van der Waals surface area contributed by atoms with Gasteiger partial charge in [0.1, 0.15) is 0 Å². The number of carboxylic acid groups (broad SMARTS) is 1. The molecule has 0 aliphatic carbocycles. The first-order valence-electron chi connectivity index (χ1n) is 5.66. The van der Waals surface area contributed by atoms with Crippen molar-refractivity contribution in [2.24, 2.45) is 0 Å². The average Bonchev–Trinajstić information content (AvgIpc) is 2.31. The fraction of sp³-hybridized carbons (Fsp3) is 0.750. The van der Waals surface area contributed by atoms with Crippen LogP contribution in [0.25, 0.3) is 0 Å². The molecule has 0 bridgehead atoms. The number of carboxylic acids is 1. The average molecular weight is 250 g/mol. The minimum absolute atomic E-state index is 0.125. The zero-order valence-corrected chi connectivity index (χ0v) is 11.1. The van der Waals surface area contributed by atoms with Gasteiger partial charge in [-0.3, -0.25) is 0 Å². The number of carbonyl (C=O) groups is 1. The number of hydrogen-bond acceptors (Lipinski definition) is 4. The van der Waals surface area contributed by atoms with Crippen molar-refractivity contribution >= 4 is 5.97 Å². The Morgan fingerprint density at radius 2 is 1.41 bits per heavy atom. The van der Waals surface area contributed by atoms with Crippen LogP contribution in [0.3, 0.4) is 0 Å². The van der Waals surface area contributed by atoms with E-state index < -0.39 is 5.97 Å². The van der Waals surface area contributed by atoms with Crippen molar-refractivity contribution in [3.8, 4) is 0 Å². The van der Waals surface area contributed by atoms with E-state index in [2.05, 4.69) is 20.4 Å². The van der Waals surface area contributed by atoms with Gasteiger partial charge in [0.25, 0.3) is 0 Å². The van der Waals surface area contributed by atoms with Crippen molar-refractivity contribution in [2.75, 3.05) is 26.4 Å². The Kier molecular flexibility index (Phi) is 25.8. The molecule has 0 saturated heterocycles. The lowest BCUT2D eigenvalue weighted by molar-refractivity contribution is -0.132. The molecule has 0 aromatic carbocycles. The fourth-order valence-electron chi connectivity index (χ4n) is 0.391. The van der Waals surface area contributed by atoms with E-state index in [-0.39, 0.29) is 18.8 Å². The predicted molar refractivity (Wildman–Crippen MR) is 68.0 cm³/mol. The standard InChI is InChI=1S/C6H14O.C4H6O2.C2H6O2/c1-3-5-7-6-4-2;1-3(2)4(5)6;3-1-2-4/h3-6H2,1-2H3;1H2,2H3,(H,5,6);3-4H,1-2H2. The first kappa shape index (κ1) is 21.4. The number of aliphatic hydroxyl groups excluding tert-OH is 2. The van der Waals surface area contributed by atoms with Crippen molar-refractivity contribution in [3.63, 3.8) is 0 Å². The number of aliphatic hydroxyl groups is 2. The highest BCUT2D eigenvalue weighted by Gasteiger charge is 1.90. The normalized spacial score (nSPS) is 8.29. The van der Waals surface area contributed by atoms with Crippen LogP contribution in [0, 0.1) is 0 Å². The van der Waals surface area contributed by atoms with Crippen molar-refractivity contribution in [2.45, 2.75) is 33.6 Å². The summed E-state index contributed by atoms with van der Waals surface area (Å²) in [6.07, 6.45) is 2.28. The van der Waals surface area contributed by atoms with Gasteiger partial charge in [-0.2, -0.15) is 0 Å². The Morgan fingerprint density at radius 1 is 1.12 bits per heavy atom. The second kappa shape index (κ2) is 20.5. The maximum absolute atomic E-state index is 9.60. The second-order valence-electron chi connectivity index (χ2n) is 3.15. The van der Waals surface area contributed by atoms with E-state index in [1.807, 2.05) is 0 Å². The summed E-state index contributed by atoms with van der Waals surface area (Å²) in [6, 6.07) is 0. The monoisotopic (exact) mass is 250 g/mol. The first-order valence-corrected chi connectivity index (χ1v) is 5.66. The quantitative estimate of drug-likeness (QED) is 0.490. The van der Waals surface area contributed by atoms with Crippen LogP contribution in [-0.4, -0.2) is 47.7 Å². The van der Waals surface area contributed by atoms with E-state index in [1.165, 1.54) is 6.92 Å². The van der Waals surface area contributed by atoms with Crippen LogP contribution < -0.4 is 0 Å². The van der Waals surface area contributed by atoms with Crippen LogP contribution in [0.1, 0.15) is 33.6 Å². The molecule has 0 fully saturated rings. The number of ether oxygens (including phenoxy) is 1. The van der Waals surface area contributed by atoms with Crippen LogP contribution in [0.4, 0.5) is 0 Å². The molecule has 0 aliphatic heterocycles. The number of rotatable bonds is 6. The lowest BCUT2D eigenvalue weighted by Gasteiger charge is -1.95.